The number of amides is 1. The molecule has 1 amide bonds. The quantitative estimate of drug-likeness (QED) is 0.569. The predicted molar refractivity (Wildman–Crippen MR) is 115 cm³/mol. The average Bonchev–Trinajstić information content (AvgIpc) is 2.82. The van der Waals surface area contributed by atoms with Gasteiger partial charge in [0.25, 0.3) is 5.91 Å². The molecule has 0 spiro atoms. The minimum atomic E-state index is -0.863. The minimum Gasteiger partial charge on any atom is -0.489 e. The largest absolute Gasteiger partial charge is 0.489 e. The van der Waals surface area contributed by atoms with Crippen molar-refractivity contribution in [3.05, 3.63) is 101 Å². The molecule has 0 saturated heterocycles. The summed E-state index contributed by atoms with van der Waals surface area (Å²) in [7, 11) is 1.28. The van der Waals surface area contributed by atoms with E-state index in [4.69, 9.17) is 14.7 Å². The zero-order chi connectivity index (χ0) is 22.1. The van der Waals surface area contributed by atoms with Gasteiger partial charge in [0.2, 0.25) is 0 Å². The highest BCUT2D eigenvalue weighted by Gasteiger charge is 2.23. The van der Waals surface area contributed by atoms with Gasteiger partial charge in [0, 0.05) is 12.0 Å². The Labute approximate surface area is 181 Å². The van der Waals surface area contributed by atoms with Crippen LogP contribution in [0.15, 0.2) is 78.9 Å². The summed E-state index contributed by atoms with van der Waals surface area (Å²) in [6.07, 6.45) is 0.247. The first-order valence-electron chi connectivity index (χ1n) is 9.73. The maximum atomic E-state index is 12.6. The summed E-state index contributed by atoms with van der Waals surface area (Å²) in [4.78, 5) is 24.8. The van der Waals surface area contributed by atoms with Gasteiger partial charge in [-0.2, -0.15) is 5.26 Å². The van der Waals surface area contributed by atoms with E-state index in [2.05, 4.69) is 5.32 Å². The highest BCUT2D eigenvalue weighted by atomic mass is 16.5. The minimum absolute atomic E-state index is 0.247. The number of carbonyl (C=O) groups excluding carboxylic acids is 2. The third-order valence-electron chi connectivity index (χ3n) is 4.65. The summed E-state index contributed by atoms with van der Waals surface area (Å²) >= 11 is 0. The second-order valence-corrected chi connectivity index (χ2v) is 6.86. The van der Waals surface area contributed by atoms with E-state index in [0.29, 0.717) is 23.5 Å². The molecular formula is C25H22N2O4. The molecule has 6 heteroatoms. The number of hydrogen-bond acceptors (Lipinski definition) is 5. The number of nitrogens with zero attached hydrogens (tertiary/aromatic N) is 1. The summed E-state index contributed by atoms with van der Waals surface area (Å²) in [6.45, 7) is 0.431. The summed E-state index contributed by atoms with van der Waals surface area (Å²) in [5.74, 6) is -0.294. The van der Waals surface area contributed by atoms with Crippen molar-refractivity contribution >= 4 is 11.9 Å². The van der Waals surface area contributed by atoms with Gasteiger partial charge in [-0.3, -0.25) is 4.79 Å². The standard InChI is InChI=1S/C25H22N2O4/c1-30-25(29)23(27-24(28)21-12-10-18(16-26)11-13-21)15-20-8-5-9-22(14-20)31-17-19-6-3-2-4-7-19/h2-14,23H,15,17H2,1H3,(H,27,28)/t23-/m1/s1. The molecule has 0 unspecified atom stereocenters. The topological polar surface area (TPSA) is 88.4 Å². The van der Waals surface area contributed by atoms with Gasteiger partial charge in [0.15, 0.2) is 0 Å². The molecule has 0 heterocycles. The van der Waals surface area contributed by atoms with Crippen molar-refractivity contribution in [3.8, 4) is 11.8 Å². The molecule has 1 atom stereocenters. The zero-order valence-corrected chi connectivity index (χ0v) is 17.1. The molecule has 0 bridgehead atoms. The van der Waals surface area contributed by atoms with E-state index in [9.17, 15) is 9.59 Å². The van der Waals surface area contributed by atoms with Crippen LogP contribution >= 0.6 is 0 Å². The van der Waals surface area contributed by atoms with Crippen molar-refractivity contribution in [2.75, 3.05) is 7.11 Å². The summed E-state index contributed by atoms with van der Waals surface area (Å²) in [6, 6.07) is 24.5. The zero-order valence-electron chi connectivity index (χ0n) is 17.1. The number of esters is 1. The van der Waals surface area contributed by atoms with E-state index >= 15 is 0 Å². The highest BCUT2D eigenvalue weighted by molar-refractivity contribution is 5.96. The van der Waals surface area contributed by atoms with Crippen molar-refractivity contribution in [1.82, 2.24) is 5.32 Å². The van der Waals surface area contributed by atoms with E-state index in [1.165, 1.54) is 7.11 Å². The fourth-order valence-electron chi connectivity index (χ4n) is 3.01. The molecule has 31 heavy (non-hydrogen) atoms. The first-order chi connectivity index (χ1) is 15.1. The fraction of sp³-hybridized carbons (Fsp3) is 0.160. The number of nitrogens with one attached hydrogen (secondary N) is 1. The number of carbonyl (C=O) groups is 2. The summed E-state index contributed by atoms with van der Waals surface area (Å²) in [5.41, 5.74) is 2.68. The van der Waals surface area contributed by atoms with Crippen LogP contribution in [-0.2, 0) is 22.6 Å². The first kappa shape index (κ1) is 21.6. The Kier molecular flexibility index (Phi) is 7.39. The number of nitriles is 1. The Hall–Kier alpha value is -4.11. The molecule has 0 aliphatic rings. The third-order valence-corrected chi connectivity index (χ3v) is 4.65. The Morgan fingerprint density at radius 3 is 2.35 bits per heavy atom. The molecule has 3 aromatic rings. The monoisotopic (exact) mass is 414 g/mol. The van der Waals surface area contributed by atoms with E-state index < -0.39 is 17.9 Å². The summed E-state index contributed by atoms with van der Waals surface area (Å²) < 4.78 is 10.7. The Balaban J connectivity index is 1.68. The van der Waals surface area contributed by atoms with Crippen molar-refractivity contribution in [1.29, 1.82) is 5.26 Å². The van der Waals surface area contributed by atoms with E-state index in [1.54, 1.807) is 24.3 Å². The molecule has 0 aromatic heterocycles. The predicted octanol–water partition coefficient (Wildman–Crippen LogP) is 3.65. The molecule has 156 valence electrons. The number of rotatable bonds is 8. The lowest BCUT2D eigenvalue weighted by atomic mass is 10.0. The molecule has 1 N–H and O–H groups in total. The van der Waals surface area contributed by atoms with Crippen LogP contribution in [0, 0.1) is 11.3 Å². The highest BCUT2D eigenvalue weighted by Crippen LogP contribution is 2.17. The van der Waals surface area contributed by atoms with Crippen molar-refractivity contribution < 1.29 is 19.1 Å². The van der Waals surface area contributed by atoms with E-state index in [1.807, 2.05) is 60.7 Å². The molecule has 0 aliphatic carbocycles. The normalized spacial score (nSPS) is 11.1. The number of hydrogen-bond donors (Lipinski definition) is 1. The van der Waals surface area contributed by atoms with Gasteiger partial charge in [0.1, 0.15) is 18.4 Å². The van der Waals surface area contributed by atoms with Crippen molar-refractivity contribution in [2.45, 2.75) is 19.1 Å². The fourth-order valence-corrected chi connectivity index (χ4v) is 3.01. The van der Waals surface area contributed by atoms with Crippen LogP contribution in [0.2, 0.25) is 0 Å². The molecule has 3 rings (SSSR count). The van der Waals surface area contributed by atoms with Gasteiger partial charge in [-0.05, 0) is 47.5 Å². The Morgan fingerprint density at radius 2 is 1.68 bits per heavy atom. The van der Waals surface area contributed by atoms with E-state index in [-0.39, 0.29) is 6.42 Å². The SMILES string of the molecule is COC(=O)[C@@H](Cc1cccc(OCc2ccccc2)c1)NC(=O)c1ccc(C#N)cc1. The van der Waals surface area contributed by atoms with Crippen LogP contribution in [0.4, 0.5) is 0 Å². The average molecular weight is 414 g/mol. The van der Waals surface area contributed by atoms with Crippen LogP contribution in [-0.4, -0.2) is 25.0 Å². The maximum Gasteiger partial charge on any atom is 0.328 e. The van der Waals surface area contributed by atoms with Crippen LogP contribution < -0.4 is 10.1 Å². The van der Waals surface area contributed by atoms with Crippen LogP contribution in [0.3, 0.4) is 0 Å². The Morgan fingerprint density at radius 1 is 0.968 bits per heavy atom. The first-order valence-corrected chi connectivity index (χ1v) is 9.73. The van der Waals surface area contributed by atoms with E-state index in [0.717, 1.165) is 11.1 Å². The molecule has 3 aromatic carbocycles. The van der Waals surface area contributed by atoms with Crippen LogP contribution in [0.1, 0.15) is 27.0 Å². The van der Waals surface area contributed by atoms with Crippen LogP contribution in [0.5, 0.6) is 5.75 Å². The maximum absolute atomic E-state index is 12.6. The molecule has 0 fully saturated rings. The lowest BCUT2D eigenvalue weighted by molar-refractivity contribution is -0.142. The van der Waals surface area contributed by atoms with Gasteiger partial charge < -0.3 is 14.8 Å². The Bertz CT molecular complexity index is 1070. The lowest BCUT2D eigenvalue weighted by Crippen LogP contribution is -2.43. The van der Waals surface area contributed by atoms with Crippen LogP contribution in [0.25, 0.3) is 0 Å². The molecule has 0 aliphatic heterocycles. The molecule has 0 radical (unpaired) electrons. The second-order valence-electron chi connectivity index (χ2n) is 6.86. The van der Waals surface area contributed by atoms with Crippen molar-refractivity contribution in [2.24, 2.45) is 0 Å². The smallest absolute Gasteiger partial charge is 0.328 e. The van der Waals surface area contributed by atoms with Gasteiger partial charge in [-0.15, -0.1) is 0 Å². The lowest BCUT2D eigenvalue weighted by Gasteiger charge is -2.17. The number of benzene rings is 3. The molecule has 6 nitrogen and oxygen atoms in total. The second kappa shape index (κ2) is 10.6. The number of methoxy groups -OCH3 is 1. The van der Waals surface area contributed by atoms with Gasteiger partial charge >= 0.3 is 5.97 Å². The van der Waals surface area contributed by atoms with Gasteiger partial charge in [0.05, 0.1) is 18.7 Å². The molecule has 0 saturated carbocycles. The summed E-state index contributed by atoms with van der Waals surface area (Å²) in [5, 5.41) is 11.6. The third kappa shape index (κ3) is 6.18. The van der Waals surface area contributed by atoms with Gasteiger partial charge in [-0.25, -0.2) is 4.79 Å². The van der Waals surface area contributed by atoms with Crippen molar-refractivity contribution in [3.63, 3.8) is 0 Å². The molecular weight excluding hydrogens is 392 g/mol. The number of ether oxygens (including phenoxy) is 2. The van der Waals surface area contributed by atoms with Gasteiger partial charge in [-0.1, -0.05) is 42.5 Å².